The van der Waals surface area contributed by atoms with Gasteiger partial charge in [-0.15, -0.1) is 11.8 Å². The second kappa shape index (κ2) is 10.4. The fraction of sp³-hybridized carbons (Fsp3) is 0.263. The fourth-order valence-corrected chi connectivity index (χ4v) is 3.19. The first-order valence-electron chi connectivity index (χ1n) is 8.15. The van der Waals surface area contributed by atoms with E-state index in [9.17, 15) is 9.59 Å². The number of carbonyl (C=O) groups is 2. The minimum atomic E-state index is -0.207. The Balaban J connectivity index is 1.72. The third-order valence-corrected chi connectivity index (χ3v) is 5.33. The van der Waals surface area contributed by atoms with Gasteiger partial charge in [0.25, 0.3) is 0 Å². The summed E-state index contributed by atoms with van der Waals surface area (Å²) in [6.07, 6.45) is 0. The number of hydrogen-bond donors (Lipinski definition) is 2. The quantitative estimate of drug-likeness (QED) is 0.649. The van der Waals surface area contributed by atoms with Gasteiger partial charge in [0.2, 0.25) is 11.8 Å². The second-order valence-corrected chi connectivity index (χ2v) is 7.53. The van der Waals surface area contributed by atoms with Gasteiger partial charge in [0.1, 0.15) is 5.75 Å². The predicted molar refractivity (Wildman–Crippen MR) is 112 cm³/mol. The maximum atomic E-state index is 12.1. The number of ether oxygens (including phenoxy) is 1. The molecule has 0 aliphatic carbocycles. The molecule has 0 spiro atoms. The molecule has 2 rings (SSSR count). The average molecular weight is 427 g/mol. The van der Waals surface area contributed by atoms with E-state index >= 15 is 0 Å². The first kappa shape index (κ1) is 21.4. The van der Waals surface area contributed by atoms with Crippen molar-refractivity contribution in [2.45, 2.75) is 13.0 Å². The highest BCUT2D eigenvalue weighted by Crippen LogP contribution is 2.25. The lowest BCUT2D eigenvalue weighted by atomic mass is 10.1. The van der Waals surface area contributed by atoms with Crippen LogP contribution in [0.1, 0.15) is 18.5 Å². The van der Waals surface area contributed by atoms with Gasteiger partial charge in [-0.3, -0.25) is 9.59 Å². The van der Waals surface area contributed by atoms with Crippen molar-refractivity contribution in [2.75, 3.05) is 23.9 Å². The molecule has 2 aromatic carbocycles. The van der Waals surface area contributed by atoms with Crippen LogP contribution in [0.2, 0.25) is 10.0 Å². The van der Waals surface area contributed by atoms with Gasteiger partial charge in [0.15, 0.2) is 0 Å². The highest BCUT2D eigenvalue weighted by molar-refractivity contribution is 8.00. The first-order valence-corrected chi connectivity index (χ1v) is 10.1. The Morgan fingerprint density at radius 3 is 2.33 bits per heavy atom. The van der Waals surface area contributed by atoms with E-state index in [0.29, 0.717) is 15.7 Å². The molecule has 0 aliphatic heterocycles. The lowest BCUT2D eigenvalue weighted by molar-refractivity contribution is -0.119. The highest BCUT2D eigenvalue weighted by atomic mass is 35.5. The molecule has 0 bridgehead atoms. The summed E-state index contributed by atoms with van der Waals surface area (Å²) in [4.78, 5) is 24.0. The maximum absolute atomic E-state index is 12.1. The van der Waals surface area contributed by atoms with Gasteiger partial charge in [-0.1, -0.05) is 29.3 Å². The van der Waals surface area contributed by atoms with Crippen LogP contribution in [-0.4, -0.2) is 30.4 Å². The van der Waals surface area contributed by atoms with E-state index in [0.717, 1.165) is 11.3 Å². The van der Waals surface area contributed by atoms with Crippen molar-refractivity contribution in [1.82, 2.24) is 5.32 Å². The summed E-state index contributed by atoms with van der Waals surface area (Å²) in [7, 11) is 1.58. The van der Waals surface area contributed by atoms with Gasteiger partial charge in [0, 0.05) is 5.69 Å². The molecule has 144 valence electrons. The third kappa shape index (κ3) is 6.97. The molecule has 0 saturated carbocycles. The van der Waals surface area contributed by atoms with E-state index in [1.807, 2.05) is 13.0 Å². The van der Waals surface area contributed by atoms with Crippen LogP contribution in [0.4, 0.5) is 5.69 Å². The Kier molecular flexibility index (Phi) is 8.28. The van der Waals surface area contributed by atoms with Crippen LogP contribution in [0.25, 0.3) is 0 Å². The first-order chi connectivity index (χ1) is 12.9. The Bertz CT molecular complexity index is 800. The SMILES string of the molecule is COc1ccc(NC(=O)CSCC(=O)NC(C)c2ccc(Cl)c(Cl)c2)cc1. The molecule has 2 amide bonds. The van der Waals surface area contributed by atoms with Crippen molar-refractivity contribution in [3.05, 3.63) is 58.1 Å². The topological polar surface area (TPSA) is 67.4 Å². The van der Waals surface area contributed by atoms with Gasteiger partial charge < -0.3 is 15.4 Å². The van der Waals surface area contributed by atoms with Crippen molar-refractivity contribution >= 4 is 52.5 Å². The molecule has 27 heavy (non-hydrogen) atoms. The molecular formula is C19H20Cl2N2O3S. The van der Waals surface area contributed by atoms with Crippen LogP contribution in [0, 0.1) is 0 Å². The Hall–Kier alpha value is -1.89. The molecule has 2 N–H and O–H groups in total. The summed E-state index contributed by atoms with van der Waals surface area (Å²) < 4.78 is 5.07. The van der Waals surface area contributed by atoms with E-state index < -0.39 is 0 Å². The zero-order valence-corrected chi connectivity index (χ0v) is 17.3. The zero-order valence-electron chi connectivity index (χ0n) is 14.9. The average Bonchev–Trinajstić information content (AvgIpc) is 2.64. The van der Waals surface area contributed by atoms with Crippen LogP contribution >= 0.6 is 35.0 Å². The van der Waals surface area contributed by atoms with Crippen molar-refractivity contribution in [3.8, 4) is 5.75 Å². The summed E-state index contributed by atoms with van der Waals surface area (Å²) in [5.74, 6) is 0.754. The van der Waals surface area contributed by atoms with Crippen LogP contribution in [-0.2, 0) is 9.59 Å². The number of amides is 2. The van der Waals surface area contributed by atoms with E-state index in [-0.39, 0.29) is 29.4 Å². The van der Waals surface area contributed by atoms with E-state index in [1.165, 1.54) is 11.8 Å². The summed E-state index contributed by atoms with van der Waals surface area (Å²) in [5, 5.41) is 6.56. The van der Waals surface area contributed by atoms with Gasteiger partial charge in [-0.25, -0.2) is 0 Å². The summed E-state index contributed by atoms with van der Waals surface area (Å²) >= 11 is 13.1. The molecule has 0 aromatic heterocycles. The number of methoxy groups -OCH3 is 1. The molecule has 1 unspecified atom stereocenters. The van der Waals surface area contributed by atoms with Gasteiger partial charge in [-0.05, 0) is 48.9 Å². The minimum Gasteiger partial charge on any atom is -0.497 e. The van der Waals surface area contributed by atoms with Gasteiger partial charge in [0.05, 0.1) is 34.7 Å². The molecule has 0 aliphatic rings. The Labute approximate surface area is 172 Å². The normalized spacial score (nSPS) is 11.6. The van der Waals surface area contributed by atoms with Crippen molar-refractivity contribution in [3.63, 3.8) is 0 Å². The Morgan fingerprint density at radius 1 is 1.04 bits per heavy atom. The largest absolute Gasteiger partial charge is 0.497 e. The van der Waals surface area contributed by atoms with Crippen LogP contribution in [0.15, 0.2) is 42.5 Å². The van der Waals surface area contributed by atoms with Crippen molar-refractivity contribution < 1.29 is 14.3 Å². The van der Waals surface area contributed by atoms with E-state index in [1.54, 1.807) is 43.5 Å². The van der Waals surface area contributed by atoms with E-state index in [4.69, 9.17) is 27.9 Å². The lowest BCUT2D eigenvalue weighted by Crippen LogP contribution is -2.28. The van der Waals surface area contributed by atoms with Gasteiger partial charge in [-0.2, -0.15) is 0 Å². The lowest BCUT2D eigenvalue weighted by Gasteiger charge is -2.15. The Morgan fingerprint density at radius 2 is 1.70 bits per heavy atom. The standard InChI is InChI=1S/C19H20Cl2N2O3S/c1-12(13-3-8-16(20)17(21)9-13)22-18(24)10-27-11-19(25)23-14-4-6-15(26-2)7-5-14/h3-9,12H,10-11H2,1-2H3,(H,22,24)(H,23,25). The number of anilines is 1. The number of thioether (sulfide) groups is 1. The summed E-state index contributed by atoms with van der Waals surface area (Å²) in [6.45, 7) is 1.86. The summed E-state index contributed by atoms with van der Waals surface area (Å²) in [5.41, 5.74) is 1.54. The fourth-order valence-electron chi connectivity index (χ4n) is 2.26. The number of rotatable bonds is 8. The molecule has 0 heterocycles. The zero-order chi connectivity index (χ0) is 19.8. The van der Waals surface area contributed by atoms with Crippen LogP contribution in [0.5, 0.6) is 5.75 Å². The molecule has 1 atom stereocenters. The van der Waals surface area contributed by atoms with Crippen LogP contribution in [0.3, 0.4) is 0 Å². The minimum absolute atomic E-state index is 0.157. The number of hydrogen-bond acceptors (Lipinski definition) is 4. The molecule has 0 radical (unpaired) electrons. The highest BCUT2D eigenvalue weighted by Gasteiger charge is 2.12. The number of nitrogens with one attached hydrogen (secondary N) is 2. The van der Waals surface area contributed by atoms with Crippen molar-refractivity contribution in [1.29, 1.82) is 0 Å². The number of benzene rings is 2. The second-order valence-electron chi connectivity index (χ2n) is 5.73. The number of halogens is 2. The smallest absolute Gasteiger partial charge is 0.234 e. The van der Waals surface area contributed by atoms with E-state index in [2.05, 4.69) is 10.6 Å². The molecule has 5 nitrogen and oxygen atoms in total. The monoisotopic (exact) mass is 426 g/mol. The summed E-state index contributed by atoms with van der Waals surface area (Å²) in [6, 6.07) is 12.1. The van der Waals surface area contributed by atoms with Gasteiger partial charge >= 0.3 is 0 Å². The van der Waals surface area contributed by atoms with Crippen molar-refractivity contribution in [2.24, 2.45) is 0 Å². The molecule has 8 heteroatoms. The maximum Gasteiger partial charge on any atom is 0.234 e. The number of carbonyl (C=O) groups excluding carboxylic acids is 2. The molecular weight excluding hydrogens is 407 g/mol. The molecule has 2 aromatic rings. The predicted octanol–water partition coefficient (Wildman–Crippen LogP) is 4.55. The van der Waals surface area contributed by atoms with Crippen LogP contribution < -0.4 is 15.4 Å². The third-order valence-electron chi connectivity index (χ3n) is 3.66. The molecule has 0 saturated heterocycles. The molecule has 0 fully saturated rings.